The lowest BCUT2D eigenvalue weighted by Crippen LogP contribution is -2.22. The maximum atomic E-state index is 13.2. The Bertz CT molecular complexity index is 551. The second kappa shape index (κ2) is 6.30. The van der Waals surface area contributed by atoms with Crippen molar-refractivity contribution in [2.24, 2.45) is 0 Å². The van der Waals surface area contributed by atoms with Crippen LogP contribution in [0.2, 0.25) is 0 Å². The van der Waals surface area contributed by atoms with Crippen molar-refractivity contribution in [3.63, 3.8) is 0 Å². The fourth-order valence-electron chi connectivity index (χ4n) is 1.73. The zero-order valence-corrected chi connectivity index (χ0v) is 12.6. The highest BCUT2D eigenvalue weighted by molar-refractivity contribution is 9.10. The van der Waals surface area contributed by atoms with Gasteiger partial charge in [0.05, 0.1) is 12.2 Å². The van der Waals surface area contributed by atoms with E-state index in [1.807, 2.05) is 16.9 Å². The standard InChI is InChI=1S/C14H17BrFN3/c1-10(2)17-8-13-5-6-19(18-13)9-11-7-12(16)3-4-14(11)15/h3-7,10,17H,8-9H2,1-2H3. The van der Waals surface area contributed by atoms with Crippen molar-refractivity contribution in [3.05, 3.63) is 52.0 Å². The summed E-state index contributed by atoms with van der Waals surface area (Å²) in [5, 5.41) is 7.77. The molecule has 0 aliphatic heterocycles. The molecule has 0 atom stereocenters. The van der Waals surface area contributed by atoms with Crippen LogP contribution >= 0.6 is 15.9 Å². The summed E-state index contributed by atoms with van der Waals surface area (Å²) in [6, 6.07) is 7.09. The molecule has 0 spiro atoms. The van der Waals surface area contributed by atoms with Crippen molar-refractivity contribution in [2.45, 2.75) is 33.0 Å². The van der Waals surface area contributed by atoms with Gasteiger partial charge in [-0.05, 0) is 29.8 Å². The van der Waals surface area contributed by atoms with Crippen molar-refractivity contribution in [1.82, 2.24) is 15.1 Å². The quantitative estimate of drug-likeness (QED) is 0.913. The maximum Gasteiger partial charge on any atom is 0.123 e. The Balaban J connectivity index is 2.05. The zero-order chi connectivity index (χ0) is 13.8. The molecule has 0 saturated carbocycles. The van der Waals surface area contributed by atoms with E-state index in [0.29, 0.717) is 12.6 Å². The van der Waals surface area contributed by atoms with Gasteiger partial charge in [-0.2, -0.15) is 5.10 Å². The van der Waals surface area contributed by atoms with Gasteiger partial charge in [-0.1, -0.05) is 29.8 Å². The number of aromatic nitrogens is 2. The molecule has 0 fully saturated rings. The van der Waals surface area contributed by atoms with Crippen LogP contribution in [0.4, 0.5) is 4.39 Å². The van der Waals surface area contributed by atoms with Gasteiger partial charge in [0.25, 0.3) is 0 Å². The van der Waals surface area contributed by atoms with Crippen molar-refractivity contribution < 1.29 is 4.39 Å². The second-order valence-electron chi connectivity index (χ2n) is 4.78. The summed E-state index contributed by atoms with van der Waals surface area (Å²) in [5.41, 5.74) is 1.87. The van der Waals surface area contributed by atoms with Crippen LogP contribution < -0.4 is 5.32 Å². The number of nitrogens with one attached hydrogen (secondary N) is 1. The SMILES string of the molecule is CC(C)NCc1ccn(Cc2cc(F)ccc2Br)n1. The summed E-state index contributed by atoms with van der Waals surface area (Å²) < 4.78 is 15.9. The summed E-state index contributed by atoms with van der Waals surface area (Å²) in [6.45, 7) is 5.50. The molecule has 0 radical (unpaired) electrons. The number of hydrogen-bond donors (Lipinski definition) is 1. The fourth-order valence-corrected chi connectivity index (χ4v) is 2.11. The highest BCUT2D eigenvalue weighted by atomic mass is 79.9. The van der Waals surface area contributed by atoms with Gasteiger partial charge in [0.15, 0.2) is 0 Å². The Morgan fingerprint density at radius 2 is 2.16 bits per heavy atom. The summed E-state index contributed by atoms with van der Waals surface area (Å²) in [5.74, 6) is -0.230. The Labute approximate surface area is 121 Å². The molecule has 1 heterocycles. The van der Waals surface area contributed by atoms with E-state index in [0.717, 1.165) is 22.3 Å². The molecule has 3 nitrogen and oxygen atoms in total. The Kier molecular flexibility index (Phi) is 4.71. The van der Waals surface area contributed by atoms with Crippen LogP contribution in [0.1, 0.15) is 25.1 Å². The average Bonchev–Trinajstić information content (AvgIpc) is 2.79. The number of nitrogens with zero attached hydrogens (tertiary/aromatic N) is 2. The van der Waals surface area contributed by atoms with Gasteiger partial charge in [-0.15, -0.1) is 0 Å². The zero-order valence-electron chi connectivity index (χ0n) is 11.0. The van der Waals surface area contributed by atoms with Crippen LogP contribution in [0.15, 0.2) is 34.9 Å². The van der Waals surface area contributed by atoms with E-state index in [9.17, 15) is 4.39 Å². The highest BCUT2D eigenvalue weighted by Crippen LogP contribution is 2.18. The first kappa shape index (κ1) is 14.2. The molecule has 0 amide bonds. The molecular formula is C14H17BrFN3. The van der Waals surface area contributed by atoms with Gasteiger partial charge in [-0.25, -0.2) is 4.39 Å². The largest absolute Gasteiger partial charge is 0.309 e. The number of hydrogen-bond acceptors (Lipinski definition) is 2. The van der Waals surface area contributed by atoms with Crippen LogP contribution in [0.3, 0.4) is 0 Å². The van der Waals surface area contributed by atoms with Crippen LogP contribution in [0.25, 0.3) is 0 Å². The summed E-state index contributed by atoms with van der Waals surface area (Å²) in [4.78, 5) is 0. The second-order valence-corrected chi connectivity index (χ2v) is 5.63. The Hall–Kier alpha value is -1.20. The van der Waals surface area contributed by atoms with Gasteiger partial charge in [0.1, 0.15) is 5.82 Å². The highest BCUT2D eigenvalue weighted by Gasteiger charge is 2.05. The van der Waals surface area contributed by atoms with E-state index in [-0.39, 0.29) is 5.82 Å². The summed E-state index contributed by atoms with van der Waals surface area (Å²) in [6.07, 6.45) is 1.91. The first-order valence-electron chi connectivity index (χ1n) is 6.24. The topological polar surface area (TPSA) is 29.9 Å². The molecule has 0 unspecified atom stereocenters. The van der Waals surface area contributed by atoms with E-state index in [1.165, 1.54) is 12.1 Å². The van der Waals surface area contributed by atoms with Gasteiger partial charge >= 0.3 is 0 Å². The van der Waals surface area contributed by atoms with E-state index < -0.39 is 0 Å². The van der Waals surface area contributed by atoms with E-state index in [4.69, 9.17) is 0 Å². The van der Waals surface area contributed by atoms with E-state index in [2.05, 4.69) is 40.2 Å². The predicted octanol–water partition coefficient (Wildman–Crippen LogP) is 3.33. The van der Waals surface area contributed by atoms with Crippen molar-refractivity contribution in [1.29, 1.82) is 0 Å². The molecule has 19 heavy (non-hydrogen) atoms. The third-order valence-corrected chi connectivity index (χ3v) is 3.50. The maximum absolute atomic E-state index is 13.2. The molecule has 0 aliphatic rings. The van der Waals surface area contributed by atoms with Gasteiger partial charge in [0, 0.05) is 23.3 Å². The Morgan fingerprint density at radius 1 is 1.37 bits per heavy atom. The van der Waals surface area contributed by atoms with Crippen LogP contribution in [0.5, 0.6) is 0 Å². The average molecular weight is 326 g/mol. The molecular weight excluding hydrogens is 309 g/mol. The summed E-state index contributed by atoms with van der Waals surface area (Å²) >= 11 is 3.42. The first-order valence-corrected chi connectivity index (χ1v) is 7.03. The molecule has 2 rings (SSSR count). The molecule has 1 aromatic carbocycles. The van der Waals surface area contributed by atoms with Crippen LogP contribution in [0, 0.1) is 5.82 Å². The molecule has 0 saturated heterocycles. The number of rotatable bonds is 5. The van der Waals surface area contributed by atoms with Crippen LogP contribution in [-0.4, -0.2) is 15.8 Å². The van der Waals surface area contributed by atoms with Crippen molar-refractivity contribution >= 4 is 15.9 Å². The van der Waals surface area contributed by atoms with Crippen molar-refractivity contribution in [3.8, 4) is 0 Å². The minimum Gasteiger partial charge on any atom is -0.309 e. The molecule has 102 valence electrons. The predicted molar refractivity (Wildman–Crippen MR) is 77.4 cm³/mol. The summed E-state index contributed by atoms with van der Waals surface area (Å²) in [7, 11) is 0. The van der Waals surface area contributed by atoms with E-state index in [1.54, 1.807) is 6.07 Å². The fraction of sp³-hybridized carbons (Fsp3) is 0.357. The lowest BCUT2D eigenvalue weighted by molar-refractivity contribution is 0.569. The van der Waals surface area contributed by atoms with E-state index >= 15 is 0 Å². The number of benzene rings is 1. The van der Waals surface area contributed by atoms with Gasteiger partial charge < -0.3 is 5.32 Å². The third kappa shape index (κ3) is 4.14. The molecule has 2 aromatic rings. The number of halogens is 2. The minimum absolute atomic E-state index is 0.230. The molecule has 1 aromatic heterocycles. The van der Waals surface area contributed by atoms with Crippen molar-refractivity contribution in [2.75, 3.05) is 0 Å². The lowest BCUT2D eigenvalue weighted by Gasteiger charge is -2.06. The van der Waals surface area contributed by atoms with Gasteiger partial charge in [0.2, 0.25) is 0 Å². The normalized spacial score (nSPS) is 11.2. The Morgan fingerprint density at radius 3 is 2.89 bits per heavy atom. The third-order valence-electron chi connectivity index (χ3n) is 2.73. The van der Waals surface area contributed by atoms with Gasteiger partial charge in [-0.3, -0.25) is 4.68 Å². The molecule has 0 aliphatic carbocycles. The van der Waals surface area contributed by atoms with Crippen LogP contribution in [-0.2, 0) is 13.1 Å². The molecule has 1 N–H and O–H groups in total. The first-order chi connectivity index (χ1) is 9.04. The smallest absolute Gasteiger partial charge is 0.123 e. The molecule has 0 bridgehead atoms. The lowest BCUT2D eigenvalue weighted by atomic mass is 10.2. The minimum atomic E-state index is -0.230. The molecule has 5 heteroatoms. The monoisotopic (exact) mass is 325 g/mol.